The first kappa shape index (κ1) is 18.4. The second kappa shape index (κ2) is 8.30. The molecule has 0 fully saturated rings. The topological polar surface area (TPSA) is 72.9 Å². The van der Waals surface area contributed by atoms with Crippen LogP contribution in [0, 0.1) is 11.8 Å². The van der Waals surface area contributed by atoms with Crippen LogP contribution in [0.25, 0.3) is 21.9 Å². The van der Waals surface area contributed by atoms with Gasteiger partial charge in [0.1, 0.15) is 0 Å². The minimum atomic E-state index is 0.385. The van der Waals surface area contributed by atoms with Gasteiger partial charge in [-0.25, -0.2) is 15.0 Å². The molecule has 2 N–H and O–H groups in total. The number of rotatable bonds is 6. The van der Waals surface area contributed by atoms with Crippen molar-refractivity contribution >= 4 is 28.3 Å². The van der Waals surface area contributed by atoms with Gasteiger partial charge in [0.25, 0.3) is 0 Å². The highest BCUT2D eigenvalue weighted by molar-refractivity contribution is 7.13. The van der Waals surface area contributed by atoms with Crippen LogP contribution in [-0.2, 0) is 6.54 Å². The molecule has 0 amide bonds. The van der Waals surface area contributed by atoms with Crippen LogP contribution >= 0.6 is 11.3 Å². The Bertz CT molecular complexity index is 930. The summed E-state index contributed by atoms with van der Waals surface area (Å²) in [6, 6.07) is 4.09. The lowest BCUT2D eigenvalue weighted by Gasteiger charge is -2.12. The van der Waals surface area contributed by atoms with Gasteiger partial charge in [-0.2, -0.15) is 0 Å². The third-order valence-corrected chi connectivity index (χ3v) is 4.86. The molecule has 3 heterocycles. The summed E-state index contributed by atoms with van der Waals surface area (Å²) in [5.41, 5.74) is 7.57. The Kier molecular flexibility index (Phi) is 5.86. The standard InChI is InChI=1S/C19H24N6S/c1-4-5-6-7-10-15-21-17(20)16-19(22-15)25(12-11-24(2)3)18(23-16)14-9-8-13-26-14/h8-9,13H,4-6,11-12H2,1-3H3,(H2,20,21,22). The highest BCUT2D eigenvalue weighted by Crippen LogP contribution is 2.29. The minimum absolute atomic E-state index is 0.385. The van der Waals surface area contributed by atoms with Crippen molar-refractivity contribution in [3.63, 3.8) is 0 Å². The summed E-state index contributed by atoms with van der Waals surface area (Å²) in [6.07, 6.45) is 3.05. The van der Waals surface area contributed by atoms with Crippen molar-refractivity contribution in [1.29, 1.82) is 0 Å². The molecule has 136 valence electrons. The summed E-state index contributed by atoms with van der Waals surface area (Å²) in [7, 11) is 4.11. The van der Waals surface area contributed by atoms with E-state index in [4.69, 9.17) is 10.7 Å². The van der Waals surface area contributed by atoms with Crippen molar-refractivity contribution < 1.29 is 0 Å². The van der Waals surface area contributed by atoms with Crippen molar-refractivity contribution in [1.82, 2.24) is 24.4 Å². The van der Waals surface area contributed by atoms with Gasteiger partial charge in [-0.05, 0) is 37.9 Å². The maximum absolute atomic E-state index is 6.18. The average molecular weight is 369 g/mol. The Morgan fingerprint density at radius 2 is 2.12 bits per heavy atom. The average Bonchev–Trinajstić information content (AvgIpc) is 3.24. The maximum atomic E-state index is 6.18. The number of nitrogen functional groups attached to an aromatic ring is 1. The van der Waals surface area contributed by atoms with Crippen LogP contribution in [0.1, 0.15) is 32.0 Å². The number of thiophene rings is 1. The van der Waals surface area contributed by atoms with Crippen LogP contribution in [0.15, 0.2) is 17.5 Å². The molecular weight excluding hydrogens is 344 g/mol. The largest absolute Gasteiger partial charge is 0.382 e. The number of hydrogen-bond acceptors (Lipinski definition) is 6. The predicted octanol–water partition coefficient (Wildman–Crippen LogP) is 3.24. The van der Waals surface area contributed by atoms with Crippen LogP contribution in [0.2, 0.25) is 0 Å². The molecule has 26 heavy (non-hydrogen) atoms. The number of aromatic nitrogens is 4. The molecular formula is C19H24N6S. The number of fused-ring (bicyclic) bond motifs is 1. The Balaban J connectivity index is 2.08. The Hall–Kier alpha value is -2.43. The molecule has 0 radical (unpaired) electrons. The van der Waals surface area contributed by atoms with Gasteiger partial charge in [0, 0.05) is 19.5 Å². The van der Waals surface area contributed by atoms with Gasteiger partial charge in [-0.15, -0.1) is 11.3 Å². The predicted molar refractivity (Wildman–Crippen MR) is 108 cm³/mol. The Morgan fingerprint density at radius 3 is 2.81 bits per heavy atom. The molecule has 3 rings (SSSR count). The molecule has 0 aliphatic rings. The van der Waals surface area contributed by atoms with Gasteiger partial charge in [-0.1, -0.05) is 25.3 Å². The van der Waals surface area contributed by atoms with Gasteiger partial charge in [-0.3, -0.25) is 0 Å². The van der Waals surface area contributed by atoms with Crippen LogP contribution in [0.3, 0.4) is 0 Å². The third kappa shape index (κ3) is 4.03. The van der Waals surface area contributed by atoms with Crippen molar-refractivity contribution in [2.45, 2.75) is 32.7 Å². The van der Waals surface area contributed by atoms with E-state index in [-0.39, 0.29) is 0 Å². The number of hydrogen-bond donors (Lipinski definition) is 1. The Labute approximate surface area is 158 Å². The summed E-state index contributed by atoms with van der Waals surface area (Å²) in [5, 5.41) is 2.05. The number of anilines is 1. The van der Waals surface area contributed by atoms with Crippen LogP contribution in [0.5, 0.6) is 0 Å². The molecule has 0 unspecified atom stereocenters. The summed E-state index contributed by atoms with van der Waals surface area (Å²) in [5.74, 6) is 7.92. The SMILES string of the molecule is CCCCC#Cc1nc(N)c2nc(-c3cccs3)n(CCN(C)C)c2n1. The molecule has 0 bridgehead atoms. The van der Waals surface area contributed by atoms with E-state index in [1.165, 1.54) is 0 Å². The quantitative estimate of drug-likeness (QED) is 0.534. The molecule has 0 saturated carbocycles. The normalized spacial score (nSPS) is 11.1. The zero-order valence-corrected chi connectivity index (χ0v) is 16.3. The molecule has 0 aliphatic heterocycles. The number of imidazole rings is 1. The lowest BCUT2D eigenvalue weighted by atomic mass is 10.2. The number of unbranched alkanes of at least 4 members (excludes halogenated alkanes) is 2. The van der Waals surface area contributed by atoms with Crippen LogP contribution in [-0.4, -0.2) is 45.1 Å². The number of likely N-dealkylation sites (N-methyl/N-ethyl adjacent to an activating group) is 1. The van der Waals surface area contributed by atoms with Crippen LogP contribution in [0.4, 0.5) is 5.82 Å². The smallest absolute Gasteiger partial charge is 0.208 e. The summed E-state index contributed by atoms with van der Waals surface area (Å²) in [6.45, 7) is 3.80. The minimum Gasteiger partial charge on any atom is -0.382 e. The molecule has 3 aromatic heterocycles. The molecule has 3 aromatic rings. The first-order valence-corrected chi connectivity index (χ1v) is 9.69. The number of nitrogens with two attached hydrogens (primary N) is 1. The maximum Gasteiger partial charge on any atom is 0.208 e. The third-order valence-electron chi connectivity index (χ3n) is 3.99. The summed E-state index contributed by atoms with van der Waals surface area (Å²) in [4.78, 5) is 17.0. The van der Waals surface area contributed by atoms with E-state index in [1.54, 1.807) is 11.3 Å². The molecule has 0 aliphatic carbocycles. The lowest BCUT2D eigenvalue weighted by molar-refractivity contribution is 0.387. The summed E-state index contributed by atoms with van der Waals surface area (Å²) >= 11 is 1.66. The fourth-order valence-corrected chi connectivity index (χ4v) is 3.31. The van der Waals surface area contributed by atoms with Crippen molar-refractivity contribution in [3.05, 3.63) is 23.3 Å². The zero-order valence-electron chi connectivity index (χ0n) is 15.5. The zero-order chi connectivity index (χ0) is 18.5. The highest BCUT2D eigenvalue weighted by atomic mass is 32.1. The lowest BCUT2D eigenvalue weighted by Crippen LogP contribution is -2.19. The first-order chi connectivity index (χ1) is 12.6. The van der Waals surface area contributed by atoms with E-state index in [2.05, 4.69) is 58.4 Å². The van der Waals surface area contributed by atoms with E-state index in [0.717, 1.165) is 48.7 Å². The van der Waals surface area contributed by atoms with Crippen LogP contribution < -0.4 is 5.73 Å². The van der Waals surface area contributed by atoms with Crippen molar-refractivity contribution in [3.8, 4) is 22.5 Å². The summed E-state index contributed by atoms with van der Waals surface area (Å²) < 4.78 is 2.12. The van der Waals surface area contributed by atoms with Crippen molar-refractivity contribution in [2.75, 3.05) is 26.4 Å². The highest BCUT2D eigenvalue weighted by Gasteiger charge is 2.18. The van der Waals surface area contributed by atoms with E-state index >= 15 is 0 Å². The fraction of sp³-hybridized carbons (Fsp3) is 0.421. The fourth-order valence-electron chi connectivity index (χ4n) is 2.59. The molecule has 0 aromatic carbocycles. The Morgan fingerprint density at radius 1 is 1.27 bits per heavy atom. The van der Waals surface area contributed by atoms with Gasteiger partial charge in [0.15, 0.2) is 22.8 Å². The first-order valence-electron chi connectivity index (χ1n) is 8.81. The molecule has 6 nitrogen and oxygen atoms in total. The van der Waals surface area contributed by atoms with E-state index < -0.39 is 0 Å². The van der Waals surface area contributed by atoms with Gasteiger partial charge >= 0.3 is 0 Å². The second-order valence-corrected chi connectivity index (χ2v) is 7.33. The van der Waals surface area contributed by atoms with E-state index in [0.29, 0.717) is 17.2 Å². The molecule has 0 saturated heterocycles. The van der Waals surface area contributed by atoms with Crippen molar-refractivity contribution in [2.24, 2.45) is 0 Å². The van der Waals surface area contributed by atoms with Gasteiger partial charge < -0.3 is 15.2 Å². The monoisotopic (exact) mass is 368 g/mol. The molecule has 0 atom stereocenters. The number of nitrogens with zero attached hydrogens (tertiary/aromatic N) is 5. The molecule has 0 spiro atoms. The van der Waals surface area contributed by atoms with E-state index in [9.17, 15) is 0 Å². The van der Waals surface area contributed by atoms with Gasteiger partial charge in [0.2, 0.25) is 5.82 Å². The second-order valence-electron chi connectivity index (χ2n) is 6.38. The van der Waals surface area contributed by atoms with Gasteiger partial charge in [0.05, 0.1) is 4.88 Å². The molecule has 7 heteroatoms. The van der Waals surface area contributed by atoms with E-state index in [1.807, 2.05) is 11.4 Å².